The largest absolute Gasteiger partial charge is 0.484 e. The van der Waals surface area contributed by atoms with E-state index in [1.807, 2.05) is 23.6 Å². The highest BCUT2D eigenvalue weighted by molar-refractivity contribution is 7.13. The van der Waals surface area contributed by atoms with E-state index in [0.29, 0.717) is 5.13 Å². The summed E-state index contributed by atoms with van der Waals surface area (Å²) in [6.07, 6.45) is 0. The maximum Gasteiger partial charge on any atom is 0.180 e. The molecule has 2 aromatic rings. The molecule has 18 heavy (non-hydrogen) atoms. The van der Waals surface area contributed by atoms with Crippen molar-refractivity contribution in [3.63, 3.8) is 0 Å². The molecule has 0 spiro atoms. The third-order valence-electron chi connectivity index (χ3n) is 2.89. The minimum absolute atomic E-state index is 0.188. The van der Waals surface area contributed by atoms with Crippen LogP contribution in [0.5, 0.6) is 5.75 Å². The minimum atomic E-state index is -0.188. The van der Waals surface area contributed by atoms with Gasteiger partial charge in [-0.1, -0.05) is 6.07 Å². The van der Waals surface area contributed by atoms with Crippen LogP contribution in [-0.4, -0.2) is 17.1 Å². The number of hydrogen-bond acceptors (Lipinski definition) is 5. The predicted octanol–water partition coefficient (Wildman–Crippen LogP) is 2.98. The molecule has 3 rings (SSSR count). The van der Waals surface area contributed by atoms with Crippen LogP contribution in [0, 0.1) is 0 Å². The first-order chi connectivity index (χ1) is 8.53. The summed E-state index contributed by atoms with van der Waals surface area (Å²) in [5.41, 5.74) is 8.43. The molecule has 0 amide bonds. The van der Waals surface area contributed by atoms with Crippen molar-refractivity contribution in [1.82, 2.24) is 4.98 Å². The summed E-state index contributed by atoms with van der Waals surface area (Å²) in [6.45, 7) is 4.94. The van der Waals surface area contributed by atoms with E-state index in [4.69, 9.17) is 10.5 Å². The van der Waals surface area contributed by atoms with Gasteiger partial charge in [-0.05, 0) is 26.0 Å². The molecule has 1 aliphatic heterocycles. The summed E-state index contributed by atoms with van der Waals surface area (Å²) < 4.78 is 5.97. The second kappa shape index (κ2) is 3.88. The molecule has 3 N–H and O–H groups in total. The lowest BCUT2D eigenvalue weighted by Gasteiger charge is -2.33. The Bertz CT molecular complexity index is 592. The van der Waals surface area contributed by atoms with Crippen molar-refractivity contribution in [1.29, 1.82) is 0 Å². The van der Waals surface area contributed by atoms with Gasteiger partial charge in [0.05, 0.1) is 17.9 Å². The highest BCUT2D eigenvalue weighted by atomic mass is 32.1. The number of fused-ring (bicyclic) bond motifs is 1. The average Bonchev–Trinajstić information content (AvgIpc) is 2.74. The first-order valence-corrected chi connectivity index (χ1v) is 6.70. The van der Waals surface area contributed by atoms with Crippen molar-refractivity contribution >= 4 is 22.2 Å². The standard InChI is InChI=1S/C13H15N3OS/c1-13(2)7-15-9-4-3-8(5-11(9)17-13)10-6-18-12(14)16-10/h3-6,15H,7H2,1-2H3,(H2,14,16). The predicted molar refractivity (Wildman–Crippen MR) is 75.2 cm³/mol. The lowest BCUT2D eigenvalue weighted by atomic mass is 10.1. The van der Waals surface area contributed by atoms with E-state index >= 15 is 0 Å². The molecule has 0 atom stereocenters. The minimum Gasteiger partial charge on any atom is -0.484 e. The van der Waals surface area contributed by atoms with E-state index in [2.05, 4.69) is 24.1 Å². The number of rotatable bonds is 1. The molecule has 0 saturated heterocycles. The van der Waals surface area contributed by atoms with Gasteiger partial charge in [0.2, 0.25) is 0 Å². The summed E-state index contributed by atoms with van der Waals surface area (Å²) in [6, 6.07) is 6.06. The number of ether oxygens (including phenoxy) is 1. The van der Waals surface area contributed by atoms with Crippen LogP contribution >= 0.6 is 11.3 Å². The quantitative estimate of drug-likeness (QED) is 0.828. The van der Waals surface area contributed by atoms with Crippen LogP contribution in [0.3, 0.4) is 0 Å². The summed E-state index contributed by atoms with van der Waals surface area (Å²) in [5.74, 6) is 0.871. The lowest BCUT2D eigenvalue weighted by molar-refractivity contribution is 0.116. The Balaban J connectivity index is 2.00. The topological polar surface area (TPSA) is 60.2 Å². The number of aromatic nitrogens is 1. The molecule has 5 heteroatoms. The molecule has 0 saturated carbocycles. The number of nitrogens with zero attached hydrogens (tertiary/aromatic N) is 1. The molecule has 0 unspecified atom stereocenters. The highest BCUT2D eigenvalue weighted by Gasteiger charge is 2.26. The number of benzene rings is 1. The van der Waals surface area contributed by atoms with E-state index in [1.165, 1.54) is 11.3 Å². The summed E-state index contributed by atoms with van der Waals surface area (Å²) in [7, 11) is 0. The van der Waals surface area contributed by atoms with Crippen LogP contribution in [0.4, 0.5) is 10.8 Å². The van der Waals surface area contributed by atoms with Crippen molar-refractivity contribution in [2.75, 3.05) is 17.6 Å². The molecule has 0 aliphatic carbocycles. The molecule has 1 aromatic heterocycles. The Kier molecular flexibility index (Phi) is 2.45. The summed E-state index contributed by atoms with van der Waals surface area (Å²) >= 11 is 1.45. The van der Waals surface area contributed by atoms with Crippen LogP contribution in [-0.2, 0) is 0 Å². The van der Waals surface area contributed by atoms with Gasteiger partial charge in [-0.15, -0.1) is 11.3 Å². The fraction of sp³-hybridized carbons (Fsp3) is 0.308. The van der Waals surface area contributed by atoms with Crippen molar-refractivity contribution in [3.8, 4) is 17.0 Å². The first kappa shape index (κ1) is 11.3. The zero-order chi connectivity index (χ0) is 12.8. The third-order valence-corrected chi connectivity index (χ3v) is 3.56. The van der Waals surface area contributed by atoms with Crippen LogP contribution in [0.1, 0.15) is 13.8 Å². The average molecular weight is 261 g/mol. The zero-order valence-corrected chi connectivity index (χ0v) is 11.2. The number of thiazole rings is 1. The van der Waals surface area contributed by atoms with E-state index in [1.54, 1.807) is 0 Å². The highest BCUT2D eigenvalue weighted by Crippen LogP contribution is 2.36. The Morgan fingerprint density at radius 3 is 3.00 bits per heavy atom. The monoisotopic (exact) mass is 261 g/mol. The fourth-order valence-electron chi connectivity index (χ4n) is 1.97. The molecule has 94 valence electrons. The maximum absolute atomic E-state index is 5.97. The van der Waals surface area contributed by atoms with Gasteiger partial charge in [0, 0.05) is 10.9 Å². The Hall–Kier alpha value is -1.75. The van der Waals surface area contributed by atoms with E-state index in [-0.39, 0.29) is 5.60 Å². The Labute approximate surface area is 110 Å². The van der Waals surface area contributed by atoms with Crippen LogP contribution in [0.15, 0.2) is 23.6 Å². The molecule has 1 aromatic carbocycles. The second-order valence-electron chi connectivity index (χ2n) is 5.00. The van der Waals surface area contributed by atoms with Crippen LogP contribution in [0.25, 0.3) is 11.3 Å². The van der Waals surface area contributed by atoms with Gasteiger partial charge in [0.15, 0.2) is 5.13 Å². The van der Waals surface area contributed by atoms with Crippen molar-refractivity contribution in [2.24, 2.45) is 0 Å². The molecule has 0 radical (unpaired) electrons. The van der Waals surface area contributed by atoms with Gasteiger partial charge in [-0.3, -0.25) is 0 Å². The number of hydrogen-bond donors (Lipinski definition) is 2. The normalized spacial score (nSPS) is 16.6. The van der Waals surface area contributed by atoms with Gasteiger partial charge < -0.3 is 15.8 Å². The van der Waals surface area contributed by atoms with Gasteiger partial charge in [0.1, 0.15) is 11.4 Å². The molecule has 2 heterocycles. The van der Waals surface area contributed by atoms with Crippen LogP contribution in [0.2, 0.25) is 0 Å². The van der Waals surface area contributed by atoms with E-state index in [0.717, 1.165) is 29.2 Å². The smallest absolute Gasteiger partial charge is 0.180 e. The van der Waals surface area contributed by atoms with E-state index in [9.17, 15) is 0 Å². The molecule has 0 fully saturated rings. The molecular weight excluding hydrogens is 246 g/mol. The number of nitrogens with two attached hydrogens (primary N) is 1. The lowest BCUT2D eigenvalue weighted by Crippen LogP contribution is -2.39. The van der Waals surface area contributed by atoms with Crippen LogP contribution < -0.4 is 15.8 Å². The van der Waals surface area contributed by atoms with Crippen molar-refractivity contribution in [2.45, 2.75) is 19.4 Å². The second-order valence-corrected chi connectivity index (χ2v) is 5.89. The third kappa shape index (κ3) is 2.01. The number of nitrogen functional groups attached to an aromatic ring is 1. The summed E-state index contributed by atoms with van der Waals surface area (Å²) in [5, 5.41) is 5.91. The van der Waals surface area contributed by atoms with E-state index < -0.39 is 0 Å². The van der Waals surface area contributed by atoms with Gasteiger partial charge >= 0.3 is 0 Å². The Morgan fingerprint density at radius 2 is 2.28 bits per heavy atom. The molecular formula is C13H15N3OS. The van der Waals surface area contributed by atoms with Crippen molar-refractivity contribution in [3.05, 3.63) is 23.6 Å². The molecule has 1 aliphatic rings. The zero-order valence-electron chi connectivity index (χ0n) is 10.4. The Morgan fingerprint density at radius 1 is 1.44 bits per heavy atom. The van der Waals surface area contributed by atoms with Gasteiger partial charge in [-0.25, -0.2) is 4.98 Å². The van der Waals surface area contributed by atoms with Crippen molar-refractivity contribution < 1.29 is 4.74 Å². The molecule has 4 nitrogen and oxygen atoms in total. The fourth-order valence-corrected chi connectivity index (χ4v) is 2.55. The van der Waals surface area contributed by atoms with Gasteiger partial charge in [-0.2, -0.15) is 0 Å². The maximum atomic E-state index is 5.97. The summed E-state index contributed by atoms with van der Waals surface area (Å²) in [4.78, 5) is 4.29. The van der Waals surface area contributed by atoms with Gasteiger partial charge in [0.25, 0.3) is 0 Å². The first-order valence-electron chi connectivity index (χ1n) is 5.82. The number of nitrogens with one attached hydrogen (secondary N) is 1. The number of anilines is 2. The SMILES string of the molecule is CC1(C)CNc2ccc(-c3csc(N)n3)cc2O1. The molecule has 0 bridgehead atoms.